The zero-order valence-electron chi connectivity index (χ0n) is 17.6. The van der Waals surface area contributed by atoms with Gasteiger partial charge in [0.2, 0.25) is 0 Å². The van der Waals surface area contributed by atoms with Gasteiger partial charge in [-0.25, -0.2) is 0 Å². The van der Waals surface area contributed by atoms with Crippen LogP contribution in [0.15, 0.2) is 12.2 Å². The first kappa shape index (κ1) is 20.4. The summed E-state index contributed by atoms with van der Waals surface area (Å²) in [7, 11) is 0. The number of ether oxygens (including phenoxy) is 1. The minimum absolute atomic E-state index is 0.00330. The van der Waals surface area contributed by atoms with E-state index in [1.54, 1.807) is 0 Å². The molecule has 3 rings (SSSR count). The molecule has 0 radical (unpaired) electrons. The monoisotopic (exact) mass is 376 g/mol. The lowest BCUT2D eigenvalue weighted by Crippen LogP contribution is -2.61. The Kier molecular flexibility index (Phi) is 5.01. The van der Waals surface area contributed by atoms with Crippen molar-refractivity contribution in [1.29, 1.82) is 0 Å². The molecule has 152 valence electrons. The average molecular weight is 377 g/mol. The van der Waals surface area contributed by atoms with Crippen molar-refractivity contribution in [2.24, 2.45) is 34.0 Å². The minimum atomic E-state index is -0.714. The highest BCUT2D eigenvalue weighted by Gasteiger charge is 2.63. The number of carboxylic acids is 1. The molecule has 0 aromatic carbocycles. The molecular weight excluding hydrogens is 340 g/mol. The van der Waals surface area contributed by atoms with Crippen LogP contribution < -0.4 is 0 Å². The molecule has 0 saturated heterocycles. The number of carbonyl (C=O) groups is 2. The Balaban J connectivity index is 1.95. The fourth-order valence-corrected chi connectivity index (χ4v) is 7.57. The topological polar surface area (TPSA) is 63.6 Å². The van der Waals surface area contributed by atoms with Crippen molar-refractivity contribution in [2.75, 3.05) is 0 Å². The van der Waals surface area contributed by atoms with Gasteiger partial charge in [0.05, 0.1) is 6.42 Å². The van der Waals surface area contributed by atoms with Crippen LogP contribution in [0.2, 0.25) is 0 Å². The zero-order chi connectivity index (χ0) is 20.2. The van der Waals surface area contributed by atoms with Crippen LogP contribution in [0.1, 0.15) is 79.6 Å². The van der Waals surface area contributed by atoms with Gasteiger partial charge in [0.15, 0.2) is 0 Å². The molecule has 1 unspecified atom stereocenters. The number of carboxylic acid groups (broad SMARTS) is 1. The second kappa shape index (κ2) is 6.63. The fraction of sp³-hybridized carbons (Fsp3) is 0.826. The summed E-state index contributed by atoms with van der Waals surface area (Å²) in [5.74, 6) is 0.150. The van der Waals surface area contributed by atoms with E-state index in [2.05, 4.69) is 34.3 Å². The molecule has 0 spiro atoms. The first-order valence-corrected chi connectivity index (χ1v) is 10.5. The molecule has 0 amide bonds. The lowest BCUT2D eigenvalue weighted by Gasteiger charge is -2.66. The third-order valence-corrected chi connectivity index (χ3v) is 8.76. The third kappa shape index (κ3) is 3.13. The first-order valence-electron chi connectivity index (χ1n) is 10.5. The molecular formula is C23H36O4. The van der Waals surface area contributed by atoms with E-state index in [-0.39, 0.29) is 40.7 Å². The van der Waals surface area contributed by atoms with Gasteiger partial charge in [0.1, 0.15) is 6.10 Å². The largest absolute Gasteiger partial charge is 0.481 e. The maximum absolute atomic E-state index is 11.6. The fourth-order valence-electron chi connectivity index (χ4n) is 7.57. The van der Waals surface area contributed by atoms with E-state index in [4.69, 9.17) is 4.74 Å². The van der Waals surface area contributed by atoms with Gasteiger partial charge < -0.3 is 9.84 Å². The summed E-state index contributed by atoms with van der Waals surface area (Å²) in [6.45, 7) is 15.1. The number of carbonyl (C=O) groups excluding carboxylic acids is 1. The van der Waals surface area contributed by atoms with Gasteiger partial charge in [-0.05, 0) is 67.1 Å². The summed E-state index contributed by atoms with van der Waals surface area (Å²) in [5, 5.41) is 9.50. The van der Waals surface area contributed by atoms with Crippen LogP contribution in [0.3, 0.4) is 0 Å². The summed E-state index contributed by atoms with van der Waals surface area (Å²) in [4.78, 5) is 23.2. The van der Waals surface area contributed by atoms with Crippen LogP contribution in [0.4, 0.5) is 0 Å². The van der Waals surface area contributed by atoms with Crippen LogP contribution in [0.5, 0.6) is 0 Å². The lowest BCUT2D eigenvalue weighted by atomic mass is 9.38. The standard InChI is InChI=1S/C23H36O4/c1-14-7-8-18-22(5,16(14)13-20(25)26)11-9-17-21(3,4)19(27-15(2)24)10-12-23(17,18)6/h16-19H,1,7-13H2,2-6H3,(H,25,26)/t16-,17+,18?,19+,22+,23+/m1/s1. The molecule has 3 aliphatic rings. The lowest BCUT2D eigenvalue weighted by molar-refractivity contribution is -0.201. The van der Waals surface area contributed by atoms with Crippen LogP contribution in [-0.2, 0) is 14.3 Å². The molecule has 6 atom stereocenters. The van der Waals surface area contributed by atoms with E-state index in [0.29, 0.717) is 11.8 Å². The highest BCUT2D eigenvalue weighted by atomic mass is 16.5. The number of fused-ring (bicyclic) bond motifs is 3. The summed E-state index contributed by atoms with van der Waals surface area (Å²) in [6, 6.07) is 0. The number of esters is 1. The van der Waals surface area contributed by atoms with Crippen LogP contribution in [0.25, 0.3) is 0 Å². The van der Waals surface area contributed by atoms with Crippen LogP contribution >= 0.6 is 0 Å². The van der Waals surface area contributed by atoms with Gasteiger partial charge in [-0.3, -0.25) is 9.59 Å². The molecule has 3 fully saturated rings. The quantitative estimate of drug-likeness (QED) is 0.542. The van der Waals surface area contributed by atoms with E-state index >= 15 is 0 Å². The normalized spacial score (nSPS) is 43.4. The van der Waals surface area contributed by atoms with E-state index in [0.717, 1.165) is 44.1 Å². The van der Waals surface area contributed by atoms with Crippen molar-refractivity contribution in [3.63, 3.8) is 0 Å². The predicted molar refractivity (Wildman–Crippen MR) is 105 cm³/mol. The number of hydrogen-bond donors (Lipinski definition) is 1. The van der Waals surface area contributed by atoms with E-state index in [1.807, 2.05) is 0 Å². The molecule has 0 aliphatic heterocycles. The van der Waals surface area contributed by atoms with Crippen LogP contribution in [-0.4, -0.2) is 23.1 Å². The van der Waals surface area contributed by atoms with Gasteiger partial charge in [-0.2, -0.15) is 0 Å². The summed E-state index contributed by atoms with van der Waals surface area (Å²) < 4.78 is 5.72. The van der Waals surface area contributed by atoms with Crippen molar-refractivity contribution in [3.8, 4) is 0 Å². The molecule has 1 N–H and O–H groups in total. The SMILES string of the molecule is C=C1CCC2[C@@](C)(CC[C@H]3C(C)(C)[C@@H](OC(C)=O)CC[C@]23C)[C@@H]1CC(=O)O. The molecule has 27 heavy (non-hydrogen) atoms. The van der Waals surface area contributed by atoms with E-state index in [9.17, 15) is 14.7 Å². The second-order valence-corrected chi connectivity index (χ2v) is 10.5. The summed E-state index contributed by atoms with van der Waals surface area (Å²) >= 11 is 0. The zero-order valence-corrected chi connectivity index (χ0v) is 17.6. The molecule has 0 heterocycles. The smallest absolute Gasteiger partial charge is 0.303 e. The highest BCUT2D eigenvalue weighted by molar-refractivity contribution is 5.68. The molecule has 4 heteroatoms. The third-order valence-electron chi connectivity index (χ3n) is 8.76. The van der Waals surface area contributed by atoms with E-state index in [1.165, 1.54) is 6.92 Å². The maximum atomic E-state index is 11.6. The van der Waals surface area contributed by atoms with Gasteiger partial charge in [0.25, 0.3) is 0 Å². The predicted octanol–water partition coefficient (Wildman–Crippen LogP) is 5.22. The van der Waals surface area contributed by atoms with E-state index < -0.39 is 5.97 Å². The number of rotatable bonds is 3. The Morgan fingerprint density at radius 2 is 1.70 bits per heavy atom. The molecule has 3 aliphatic carbocycles. The highest BCUT2D eigenvalue weighted by Crippen LogP contribution is 2.69. The Labute approximate surface area is 163 Å². The van der Waals surface area contributed by atoms with Gasteiger partial charge in [-0.1, -0.05) is 39.8 Å². The molecule has 4 nitrogen and oxygen atoms in total. The average Bonchev–Trinajstić information content (AvgIpc) is 2.53. The second-order valence-electron chi connectivity index (χ2n) is 10.5. The van der Waals surface area contributed by atoms with Crippen molar-refractivity contribution in [3.05, 3.63) is 12.2 Å². The van der Waals surface area contributed by atoms with Gasteiger partial charge >= 0.3 is 11.9 Å². The molecule has 0 bridgehead atoms. The van der Waals surface area contributed by atoms with Crippen molar-refractivity contribution in [1.82, 2.24) is 0 Å². The number of allylic oxidation sites excluding steroid dienone is 1. The van der Waals surface area contributed by atoms with Gasteiger partial charge in [0, 0.05) is 12.3 Å². The number of aliphatic carboxylic acids is 1. The Bertz CT molecular complexity index is 651. The number of hydrogen-bond acceptors (Lipinski definition) is 3. The van der Waals surface area contributed by atoms with Crippen LogP contribution in [0, 0.1) is 34.0 Å². The molecule has 3 saturated carbocycles. The Morgan fingerprint density at radius 3 is 2.30 bits per heavy atom. The van der Waals surface area contributed by atoms with Gasteiger partial charge in [-0.15, -0.1) is 0 Å². The summed E-state index contributed by atoms with van der Waals surface area (Å²) in [6.07, 6.45) is 6.27. The summed E-state index contributed by atoms with van der Waals surface area (Å²) in [5.41, 5.74) is 1.23. The minimum Gasteiger partial charge on any atom is -0.481 e. The molecule has 0 aromatic heterocycles. The van der Waals surface area contributed by atoms with Crippen molar-refractivity contribution in [2.45, 2.75) is 85.7 Å². The maximum Gasteiger partial charge on any atom is 0.303 e. The van der Waals surface area contributed by atoms with Crippen molar-refractivity contribution < 1.29 is 19.4 Å². The Hall–Kier alpha value is -1.32. The Morgan fingerprint density at radius 1 is 1.07 bits per heavy atom. The molecule has 0 aromatic rings. The van der Waals surface area contributed by atoms with Crippen molar-refractivity contribution >= 4 is 11.9 Å². The first-order chi connectivity index (χ1) is 12.4.